The first-order chi connectivity index (χ1) is 6.09. The first-order valence-electron chi connectivity index (χ1n) is 3.45. The van der Waals surface area contributed by atoms with E-state index in [1.807, 2.05) is 6.07 Å². The number of benzene rings is 1. The van der Waals surface area contributed by atoms with Crippen molar-refractivity contribution in [3.05, 3.63) is 40.4 Å². The van der Waals surface area contributed by atoms with Crippen molar-refractivity contribution in [2.45, 2.75) is 0 Å². The Morgan fingerprint density at radius 3 is 2.77 bits per heavy atom. The van der Waals surface area contributed by atoms with Gasteiger partial charge in [-0.2, -0.15) is 0 Å². The highest BCUT2D eigenvalue weighted by Gasteiger charge is 2.00. The molecule has 0 aliphatic carbocycles. The summed E-state index contributed by atoms with van der Waals surface area (Å²) in [5.74, 6) is -1.05. The molecule has 1 aromatic carbocycles. The lowest BCUT2D eigenvalue weighted by Crippen LogP contribution is -1.88. The minimum absolute atomic E-state index is 0.216. The van der Waals surface area contributed by atoms with E-state index in [9.17, 15) is 4.79 Å². The van der Waals surface area contributed by atoms with Gasteiger partial charge in [0.1, 0.15) is 0 Å². The second-order valence-corrected chi connectivity index (χ2v) is 3.66. The lowest BCUT2D eigenvalue weighted by molar-refractivity contribution is -0.131. The van der Waals surface area contributed by atoms with Gasteiger partial charge in [0.25, 0.3) is 0 Å². The van der Waals surface area contributed by atoms with Gasteiger partial charge in [-0.05, 0) is 17.7 Å². The van der Waals surface area contributed by atoms with Crippen molar-refractivity contribution in [2.24, 2.45) is 0 Å². The van der Waals surface area contributed by atoms with Gasteiger partial charge in [-0.1, -0.05) is 39.7 Å². The molecule has 2 nitrogen and oxygen atoms in total. The molecule has 0 saturated carbocycles. The molecule has 0 bridgehead atoms. The van der Waals surface area contributed by atoms with E-state index in [-0.39, 0.29) is 5.03 Å². The van der Waals surface area contributed by atoms with Crippen LogP contribution in [0.2, 0.25) is 0 Å². The van der Waals surface area contributed by atoms with Crippen LogP contribution < -0.4 is 0 Å². The van der Waals surface area contributed by atoms with Gasteiger partial charge in [0, 0.05) is 10.5 Å². The second-order valence-electron chi connectivity index (χ2n) is 2.34. The number of carbonyl (C=O) groups is 1. The number of rotatable bonds is 2. The normalized spacial score (nSPS) is 11.4. The van der Waals surface area contributed by atoms with Crippen molar-refractivity contribution in [1.82, 2.24) is 0 Å². The highest BCUT2D eigenvalue weighted by atomic mass is 79.9. The van der Waals surface area contributed by atoms with Gasteiger partial charge in [0.2, 0.25) is 0 Å². The Labute approximate surface area is 89.0 Å². The molecule has 0 unspecified atom stereocenters. The van der Waals surface area contributed by atoms with Crippen molar-refractivity contribution in [1.29, 1.82) is 0 Å². The SMILES string of the molecule is O=C(O)/C=C(/Cl)c1cccc(Br)c1. The third-order valence-electron chi connectivity index (χ3n) is 1.35. The maximum Gasteiger partial charge on any atom is 0.329 e. The first-order valence-corrected chi connectivity index (χ1v) is 4.63. The molecule has 0 heterocycles. The zero-order valence-electron chi connectivity index (χ0n) is 6.50. The monoisotopic (exact) mass is 260 g/mol. The van der Waals surface area contributed by atoms with E-state index < -0.39 is 5.97 Å². The standard InChI is InChI=1S/C9H6BrClO2/c10-7-3-1-2-6(4-7)8(11)5-9(12)13/h1-5H,(H,12,13)/b8-5+. The maximum absolute atomic E-state index is 10.3. The van der Waals surface area contributed by atoms with Crippen molar-refractivity contribution in [2.75, 3.05) is 0 Å². The molecule has 0 aliphatic heterocycles. The number of halogens is 2. The van der Waals surface area contributed by atoms with Crippen molar-refractivity contribution < 1.29 is 9.90 Å². The average molecular weight is 262 g/mol. The summed E-state index contributed by atoms with van der Waals surface area (Å²) in [4.78, 5) is 10.3. The van der Waals surface area contributed by atoms with Crippen LogP contribution in [0.3, 0.4) is 0 Å². The maximum atomic E-state index is 10.3. The largest absolute Gasteiger partial charge is 0.478 e. The van der Waals surface area contributed by atoms with Gasteiger partial charge in [0.15, 0.2) is 0 Å². The molecule has 0 aromatic heterocycles. The van der Waals surface area contributed by atoms with Crippen LogP contribution in [-0.4, -0.2) is 11.1 Å². The van der Waals surface area contributed by atoms with Crippen LogP contribution in [0.1, 0.15) is 5.56 Å². The molecule has 0 atom stereocenters. The van der Waals surface area contributed by atoms with Crippen LogP contribution in [-0.2, 0) is 4.79 Å². The van der Waals surface area contributed by atoms with Gasteiger partial charge >= 0.3 is 5.97 Å². The quantitative estimate of drug-likeness (QED) is 0.831. The summed E-state index contributed by atoms with van der Waals surface area (Å²) in [6.45, 7) is 0. The topological polar surface area (TPSA) is 37.3 Å². The Hall–Kier alpha value is -0.800. The van der Waals surface area contributed by atoms with E-state index in [0.29, 0.717) is 5.56 Å². The predicted octanol–water partition coefficient (Wildman–Crippen LogP) is 3.11. The summed E-state index contributed by atoms with van der Waals surface area (Å²) >= 11 is 9.00. The highest BCUT2D eigenvalue weighted by Crippen LogP contribution is 2.21. The van der Waals surface area contributed by atoms with Crippen molar-refractivity contribution in [3.63, 3.8) is 0 Å². The summed E-state index contributed by atoms with van der Waals surface area (Å²) in [5.41, 5.74) is 0.679. The van der Waals surface area contributed by atoms with Crippen molar-refractivity contribution in [3.8, 4) is 0 Å². The molecule has 0 saturated heterocycles. The van der Waals surface area contributed by atoms with E-state index >= 15 is 0 Å². The van der Waals surface area contributed by atoms with Gasteiger partial charge in [-0.25, -0.2) is 4.79 Å². The number of carboxylic acids is 1. The molecule has 4 heteroatoms. The predicted molar refractivity (Wildman–Crippen MR) is 55.6 cm³/mol. The van der Waals surface area contributed by atoms with Crippen LogP contribution >= 0.6 is 27.5 Å². The summed E-state index contributed by atoms with van der Waals surface area (Å²) in [7, 11) is 0. The molecule has 13 heavy (non-hydrogen) atoms. The summed E-state index contributed by atoms with van der Waals surface area (Å²) < 4.78 is 0.863. The molecular formula is C9H6BrClO2. The van der Waals surface area contributed by atoms with Crippen LogP contribution in [0, 0.1) is 0 Å². The van der Waals surface area contributed by atoms with Gasteiger partial charge < -0.3 is 5.11 Å². The zero-order valence-corrected chi connectivity index (χ0v) is 8.84. The van der Waals surface area contributed by atoms with E-state index in [0.717, 1.165) is 10.5 Å². The Balaban J connectivity index is 3.02. The van der Waals surface area contributed by atoms with Crippen molar-refractivity contribution >= 4 is 38.5 Å². The highest BCUT2D eigenvalue weighted by molar-refractivity contribution is 9.10. The third kappa shape index (κ3) is 3.20. The minimum atomic E-state index is -1.05. The Morgan fingerprint density at radius 2 is 2.23 bits per heavy atom. The summed E-state index contributed by atoms with van der Waals surface area (Å²) in [6, 6.07) is 7.13. The van der Waals surface area contributed by atoms with Crippen LogP contribution in [0.15, 0.2) is 34.8 Å². The lowest BCUT2D eigenvalue weighted by atomic mass is 10.2. The molecule has 0 spiro atoms. The summed E-state index contributed by atoms with van der Waals surface area (Å²) in [6.07, 6.45) is 0.962. The first kappa shape index (κ1) is 10.3. The fourth-order valence-corrected chi connectivity index (χ4v) is 1.44. The molecule has 1 aromatic rings. The molecule has 0 radical (unpaired) electrons. The molecule has 0 amide bonds. The molecule has 0 aliphatic rings. The Morgan fingerprint density at radius 1 is 1.54 bits per heavy atom. The molecule has 68 valence electrons. The lowest BCUT2D eigenvalue weighted by Gasteiger charge is -1.98. The van der Waals surface area contributed by atoms with Crippen LogP contribution in [0.4, 0.5) is 0 Å². The fraction of sp³-hybridized carbons (Fsp3) is 0. The molecule has 0 fully saturated rings. The smallest absolute Gasteiger partial charge is 0.329 e. The van der Waals surface area contributed by atoms with E-state index in [2.05, 4.69) is 15.9 Å². The molecule has 1 rings (SSSR count). The average Bonchev–Trinajstić information content (AvgIpc) is 2.03. The van der Waals surface area contributed by atoms with Crippen LogP contribution in [0.25, 0.3) is 5.03 Å². The summed E-state index contributed by atoms with van der Waals surface area (Å²) in [5, 5.41) is 8.66. The Bertz CT molecular complexity index is 360. The fourth-order valence-electron chi connectivity index (χ4n) is 0.829. The van der Waals surface area contributed by atoms with E-state index in [4.69, 9.17) is 16.7 Å². The van der Waals surface area contributed by atoms with Gasteiger partial charge in [-0.3, -0.25) is 0 Å². The van der Waals surface area contributed by atoms with Crippen LogP contribution in [0.5, 0.6) is 0 Å². The van der Waals surface area contributed by atoms with Gasteiger partial charge in [-0.15, -0.1) is 0 Å². The minimum Gasteiger partial charge on any atom is -0.478 e. The number of carboxylic acid groups (broad SMARTS) is 1. The Kier molecular flexibility index (Phi) is 3.51. The number of hydrogen-bond acceptors (Lipinski definition) is 1. The number of aliphatic carboxylic acids is 1. The molecular weight excluding hydrogens is 255 g/mol. The second kappa shape index (κ2) is 4.44. The third-order valence-corrected chi connectivity index (χ3v) is 2.17. The molecule has 1 N–H and O–H groups in total. The van der Waals surface area contributed by atoms with E-state index in [1.165, 1.54) is 0 Å². The van der Waals surface area contributed by atoms with E-state index in [1.54, 1.807) is 18.2 Å². The number of hydrogen-bond donors (Lipinski definition) is 1. The van der Waals surface area contributed by atoms with Gasteiger partial charge in [0.05, 0.1) is 5.03 Å². The zero-order chi connectivity index (χ0) is 9.84.